The van der Waals surface area contributed by atoms with E-state index in [0.29, 0.717) is 29.1 Å². The maximum atomic E-state index is 12.5. The fraction of sp³-hybridized carbons (Fsp3) is 0.500. The van der Waals surface area contributed by atoms with E-state index < -0.39 is 24.6 Å². The standard InChI is InChI=1S/C12H14F3NO3S/c1-2-3-6-16(7-12(13,14)15)10(17)8-4-5-9(20-8)11(18)19/h4-5H,2-3,6-7H2,1H3,(H,18,19). The minimum Gasteiger partial charge on any atom is -0.477 e. The number of halogens is 3. The van der Waals surface area contributed by atoms with E-state index in [1.165, 1.54) is 12.1 Å². The van der Waals surface area contributed by atoms with Gasteiger partial charge in [-0.05, 0) is 18.6 Å². The Morgan fingerprint density at radius 2 is 1.90 bits per heavy atom. The van der Waals surface area contributed by atoms with Crippen molar-refractivity contribution in [3.8, 4) is 0 Å². The maximum absolute atomic E-state index is 12.5. The molecule has 1 N–H and O–H groups in total. The smallest absolute Gasteiger partial charge is 0.406 e. The predicted molar refractivity (Wildman–Crippen MR) is 68.1 cm³/mol. The van der Waals surface area contributed by atoms with Crippen LogP contribution in [0.5, 0.6) is 0 Å². The Bertz CT molecular complexity index is 485. The van der Waals surface area contributed by atoms with Crippen LogP contribution in [0.4, 0.5) is 13.2 Å². The van der Waals surface area contributed by atoms with E-state index in [2.05, 4.69) is 0 Å². The van der Waals surface area contributed by atoms with Crippen LogP contribution in [-0.2, 0) is 0 Å². The van der Waals surface area contributed by atoms with Gasteiger partial charge in [0.05, 0.1) is 4.88 Å². The number of carboxylic acids is 1. The number of unbranched alkanes of at least 4 members (excludes halogenated alkanes) is 1. The normalized spacial score (nSPS) is 11.4. The van der Waals surface area contributed by atoms with E-state index in [-0.39, 0.29) is 16.3 Å². The lowest BCUT2D eigenvalue weighted by atomic mass is 10.3. The molecule has 20 heavy (non-hydrogen) atoms. The topological polar surface area (TPSA) is 57.6 Å². The van der Waals surface area contributed by atoms with Crippen molar-refractivity contribution in [1.29, 1.82) is 0 Å². The number of carbonyl (C=O) groups excluding carboxylic acids is 1. The first-order valence-corrected chi connectivity index (χ1v) is 6.75. The van der Waals surface area contributed by atoms with Crippen molar-refractivity contribution < 1.29 is 27.9 Å². The summed E-state index contributed by atoms with van der Waals surface area (Å²) in [5.74, 6) is -1.99. The van der Waals surface area contributed by atoms with Gasteiger partial charge >= 0.3 is 12.1 Å². The highest BCUT2D eigenvalue weighted by Gasteiger charge is 2.33. The van der Waals surface area contributed by atoms with Gasteiger partial charge in [-0.3, -0.25) is 4.79 Å². The van der Waals surface area contributed by atoms with Gasteiger partial charge in [-0.15, -0.1) is 11.3 Å². The number of thiophene rings is 1. The predicted octanol–water partition coefficient (Wildman–Crippen LogP) is 3.25. The molecule has 0 atom stereocenters. The number of rotatable bonds is 6. The van der Waals surface area contributed by atoms with Crippen LogP contribution in [0.2, 0.25) is 0 Å². The highest BCUT2D eigenvalue weighted by atomic mass is 32.1. The van der Waals surface area contributed by atoms with Crippen molar-refractivity contribution in [2.24, 2.45) is 0 Å². The SMILES string of the molecule is CCCCN(CC(F)(F)F)C(=O)c1ccc(C(=O)O)s1. The van der Waals surface area contributed by atoms with Crippen LogP contribution >= 0.6 is 11.3 Å². The van der Waals surface area contributed by atoms with Crippen LogP contribution in [0.15, 0.2) is 12.1 Å². The molecule has 8 heteroatoms. The van der Waals surface area contributed by atoms with Crippen molar-refractivity contribution in [1.82, 2.24) is 4.90 Å². The Balaban J connectivity index is 2.87. The van der Waals surface area contributed by atoms with Crippen LogP contribution in [-0.4, -0.2) is 41.1 Å². The van der Waals surface area contributed by atoms with Crippen molar-refractivity contribution in [3.63, 3.8) is 0 Å². The Kier molecular flexibility index (Phi) is 5.55. The number of alkyl halides is 3. The van der Waals surface area contributed by atoms with E-state index in [1.807, 2.05) is 6.92 Å². The molecule has 1 rings (SSSR count). The fourth-order valence-electron chi connectivity index (χ4n) is 1.54. The van der Waals surface area contributed by atoms with E-state index >= 15 is 0 Å². The summed E-state index contributed by atoms with van der Waals surface area (Å²) in [4.78, 5) is 23.4. The Morgan fingerprint density at radius 1 is 1.30 bits per heavy atom. The summed E-state index contributed by atoms with van der Waals surface area (Å²) >= 11 is 0.679. The molecule has 0 saturated heterocycles. The molecule has 0 saturated carbocycles. The van der Waals surface area contributed by atoms with Crippen molar-refractivity contribution in [2.75, 3.05) is 13.1 Å². The zero-order valence-corrected chi connectivity index (χ0v) is 11.6. The average molecular weight is 309 g/mol. The number of nitrogens with zero attached hydrogens (tertiary/aromatic N) is 1. The molecule has 1 amide bonds. The van der Waals surface area contributed by atoms with Crippen molar-refractivity contribution >= 4 is 23.2 Å². The van der Waals surface area contributed by atoms with Crippen molar-refractivity contribution in [2.45, 2.75) is 25.9 Å². The molecule has 0 radical (unpaired) electrons. The number of aromatic carboxylic acids is 1. The summed E-state index contributed by atoms with van der Waals surface area (Å²) in [6.45, 7) is 0.477. The molecule has 112 valence electrons. The number of carbonyl (C=O) groups is 2. The number of amides is 1. The quantitative estimate of drug-likeness (QED) is 0.877. The van der Waals surface area contributed by atoms with Crippen LogP contribution < -0.4 is 0 Å². The van der Waals surface area contributed by atoms with Crippen LogP contribution in [0.1, 0.15) is 39.1 Å². The molecular formula is C12H14F3NO3S. The summed E-state index contributed by atoms with van der Waals surface area (Å²) < 4.78 is 37.4. The van der Waals surface area contributed by atoms with E-state index in [0.717, 1.165) is 0 Å². The second-order valence-corrected chi connectivity index (χ2v) is 5.25. The largest absolute Gasteiger partial charge is 0.477 e. The number of hydrogen-bond donors (Lipinski definition) is 1. The molecule has 0 aliphatic rings. The fourth-order valence-corrected chi connectivity index (χ4v) is 2.35. The average Bonchev–Trinajstić information content (AvgIpc) is 2.81. The third-order valence-corrected chi connectivity index (χ3v) is 3.53. The lowest BCUT2D eigenvalue weighted by Gasteiger charge is -2.23. The third-order valence-electron chi connectivity index (χ3n) is 2.47. The van der Waals surface area contributed by atoms with Crippen LogP contribution in [0.3, 0.4) is 0 Å². The minimum absolute atomic E-state index is 0.00255. The Labute approximate surface area is 117 Å². The van der Waals surface area contributed by atoms with Crippen LogP contribution in [0, 0.1) is 0 Å². The molecule has 0 unspecified atom stereocenters. The molecule has 0 spiro atoms. The molecule has 0 aliphatic carbocycles. The van der Waals surface area contributed by atoms with Crippen LogP contribution in [0.25, 0.3) is 0 Å². The number of carboxylic acid groups (broad SMARTS) is 1. The van der Waals surface area contributed by atoms with Gasteiger partial charge in [0.25, 0.3) is 5.91 Å². The van der Waals surface area contributed by atoms with Gasteiger partial charge in [0.1, 0.15) is 11.4 Å². The first-order valence-electron chi connectivity index (χ1n) is 5.93. The monoisotopic (exact) mass is 309 g/mol. The van der Waals surface area contributed by atoms with E-state index in [4.69, 9.17) is 5.11 Å². The molecule has 1 aromatic rings. The second-order valence-electron chi connectivity index (χ2n) is 4.16. The van der Waals surface area contributed by atoms with Gasteiger partial charge < -0.3 is 10.0 Å². The molecule has 0 aliphatic heterocycles. The van der Waals surface area contributed by atoms with Gasteiger partial charge in [-0.1, -0.05) is 13.3 Å². The molecule has 1 heterocycles. The molecule has 0 aromatic carbocycles. The summed E-state index contributed by atoms with van der Waals surface area (Å²) in [7, 11) is 0. The second kappa shape index (κ2) is 6.74. The highest BCUT2D eigenvalue weighted by Crippen LogP contribution is 2.22. The van der Waals surface area contributed by atoms with E-state index in [1.54, 1.807) is 0 Å². The lowest BCUT2D eigenvalue weighted by molar-refractivity contribution is -0.140. The zero-order chi connectivity index (χ0) is 15.3. The van der Waals surface area contributed by atoms with E-state index in [9.17, 15) is 22.8 Å². The molecular weight excluding hydrogens is 295 g/mol. The number of hydrogen-bond acceptors (Lipinski definition) is 3. The first kappa shape index (κ1) is 16.5. The van der Waals surface area contributed by atoms with Gasteiger partial charge in [-0.25, -0.2) is 4.79 Å². The maximum Gasteiger partial charge on any atom is 0.406 e. The molecule has 0 fully saturated rings. The first-order chi connectivity index (χ1) is 9.24. The summed E-state index contributed by atoms with van der Waals surface area (Å²) in [6, 6.07) is 2.46. The zero-order valence-electron chi connectivity index (χ0n) is 10.7. The summed E-state index contributed by atoms with van der Waals surface area (Å²) in [5, 5.41) is 8.75. The Hall–Kier alpha value is -1.57. The lowest BCUT2D eigenvalue weighted by Crippen LogP contribution is -2.39. The third kappa shape index (κ3) is 4.84. The van der Waals surface area contributed by atoms with Gasteiger partial charge in [0.15, 0.2) is 0 Å². The van der Waals surface area contributed by atoms with Gasteiger partial charge in [0, 0.05) is 6.54 Å². The van der Waals surface area contributed by atoms with Gasteiger partial charge in [-0.2, -0.15) is 13.2 Å². The highest BCUT2D eigenvalue weighted by molar-refractivity contribution is 7.15. The minimum atomic E-state index is -4.48. The Morgan fingerprint density at radius 3 is 2.35 bits per heavy atom. The summed E-state index contributed by atoms with van der Waals surface area (Å²) in [5.41, 5.74) is 0. The molecule has 4 nitrogen and oxygen atoms in total. The molecule has 0 bridgehead atoms. The van der Waals surface area contributed by atoms with Crippen molar-refractivity contribution in [3.05, 3.63) is 21.9 Å². The summed E-state index contributed by atoms with van der Waals surface area (Å²) in [6.07, 6.45) is -3.36. The van der Waals surface area contributed by atoms with Gasteiger partial charge in [0.2, 0.25) is 0 Å². The molecule has 1 aromatic heterocycles.